The molecule has 2 amide bonds. The van der Waals surface area contributed by atoms with Gasteiger partial charge in [0.2, 0.25) is 5.91 Å². The van der Waals surface area contributed by atoms with Gasteiger partial charge in [-0.3, -0.25) is 9.59 Å². The predicted molar refractivity (Wildman–Crippen MR) is 98.7 cm³/mol. The minimum absolute atomic E-state index is 0.154. The van der Waals surface area contributed by atoms with Gasteiger partial charge in [-0.25, -0.2) is 0 Å². The Kier molecular flexibility index (Phi) is 6.68. The first-order chi connectivity index (χ1) is 12.0. The normalized spacial score (nSPS) is 11.6. The lowest BCUT2D eigenvalue weighted by Gasteiger charge is -2.18. The Bertz CT molecular complexity index is 715. The van der Waals surface area contributed by atoms with Crippen LogP contribution in [0.1, 0.15) is 16.8 Å². The van der Waals surface area contributed by atoms with E-state index < -0.39 is 0 Å². The summed E-state index contributed by atoms with van der Waals surface area (Å²) in [4.78, 5) is 26.2. The van der Waals surface area contributed by atoms with Crippen molar-refractivity contribution in [3.63, 3.8) is 0 Å². The summed E-state index contributed by atoms with van der Waals surface area (Å²) in [5, 5.41) is 2.77. The zero-order valence-corrected chi connectivity index (χ0v) is 14.4. The van der Waals surface area contributed by atoms with Crippen molar-refractivity contribution in [3.05, 3.63) is 60.2 Å². The fraction of sp³-hybridized carbons (Fsp3) is 0.263. The van der Waals surface area contributed by atoms with E-state index in [2.05, 4.69) is 5.32 Å². The second-order valence-corrected chi connectivity index (χ2v) is 5.63. The Balaban J connectivity index is 2.08. The van der Waals surface area contributed by atoms with Crippen molar-refractivity contribution in [3.8, 4) is 0 Å². The average Bonchev–Trinajstić information content (AvgIpc) is 2.65. The Labute approximate surface area is 147 Å². The van der Waals surface area contributed by atoms with Crippen molar-refractivity contribution in [2.45, 2.75) is 12.5 Å². The first kappa shape index (κ1) is 18.6. The number of nitrogens with two attached hydrogens (primary N) is 1. The second-order valence-electron chi connectivity index (χ2n) is 5.63. The van der Waals surface area contributed by atoms with Crippen LogP contribution < -0.4 is 16.0 Å². The van der Waals surface area contributed by atoms with Gasteiger partial charge in [-0.1, -0.05) is 24.3 Å². The molecule has 132 valence electrons. The molecule has 6 heteroatoms. The van der Waals surface area contributed by atoms with Crippen LogP contribution in [0.25, 0.3) is 0 Å². The zero-order chi connectivity index (χ0) is 18.2. The smallest absolute Gasteiger partial charge is 0.258 e. The standard InChI is InChI=1S/C19H23N3O3/c1-22(16-9-4-3-5-10-16)19(24)14-7-6-8-15(11-14)21-18(23)12-17(13-20)25-2/h3-11,17H,12-13,20H2,1-2H3,(H,21,23). The molecule has 0 saturated heterocycles. The Morgan fingerprint density at radius 1 is 1.16 bits per heavy atom. The zero-order valence-electron chi connectivity index (χ0n) is 14.4. The molecular weight excluding hydrogens is 318 g/mol. The molecule has 2 rings (SSSR count). The fourth-order valence-electron chi connectivity index (χ4n) is 2.37. The number of carbonyl (C=O) groups is 2. The summed E-state index contributed by atoms with van der Waals surface area (Å²) in [5.74, 6) is -0.364. The second kappa shape index (κ2) is 8.96. The molecule has 0 bridgehead atoms. The van der Waals surface area contributed by atoms with E-state index in [-0.39, 0.29) is 30.9 Å². The number of hydrogen-bond acceptors (Lipinski definition) is 4. The van der Waals surface area contributed by atoms with Gasteiger partial charge in [0.25, 0.3) is 5.91 Å². The highest BCUT2D eigenvalue weighted by atomic mass is 16.5. The third kappa shape index (κ3) is 5.14. The van der Waals surface area contributed by atoms with Crippen molar-refractivity contribution in [2.24, 2.45) is 5.73 Å². The Morgan fingerprint density at radius 2 is 1.88 bits per heavy atom. The van der Waals surface area contributed by atoms with Crippen LogP contribution in [0.2, 0.25) is 0 Å². The lowest BCUT2D eigenvalue weighted by Crippen LogP contribution is -2.28. The molecule has 1 unspecified atom stereocenters. The molecule has 3 N–H and O–H groups in total. The Morgan fingerprint density at radius 3 is 2.52 bits per heavy atom. The number of amides is 2. The van der Waals surface area contributed by atoms with E-state index in [0.717, 1.165) is 5.69 Å². The van der Waals surface area contributed by atoms with Crippen LogP contribution in [0.15, 0.2) is 54.6 Å². The van der Waals surface area contributed by atoms with Gasteiger partial charge in [0.15, 0.2) is 0 Å². The first-order valence-corrected chi connectivity index (χ1v) is 8.01. The number of rotatable bonds is 7. The molecule has 0 aliphatic carbocycles. The van der Waals surface area contributed by atoms with Crippen LogP contribution in [0.5, 0.6) is 0 Å². The van der Waals surface area contributed by atoms with Crippen molar-refractivity contribution in [1.29, 1.82) is 0 Å². The van der Waals surface area contributed by atoms with E-state index in [4.69, 9.17) is 10.5 Å². The summed E-state index contributed by atoms with van der Waals surface area (Å²) in [6, 6.07) is 16.2. The molecule has 0 aliphatic heterocycles. The average molecular weight is 341 g/mol. The van der Waals surface area contributed by atoms with Crippen molar-refractivity contribution < 1.29 is 14.3 Å². The third-order valence-electron chi connectivity index (χ3n) is 3.85. The molecule has 0 aliphatic rings. The van der Waals surface area contributed by atoms with Gasteiger partial charge in [0, 0.05) is 37.6 Å². The predicted octanol–water partition coefficient (Wildman–Crippen LogP) is 2.27. The van der Waals surface area contributed by atoms with Gasteiger partial charge >= 0.3 is 0 Å². The van der Waals surface area contributed by atoms with Gasteiger partial charge in [-0.2, -0.15) is 0 Å². The summed E-state index contributed by atoms with van der Waals surface area (Å²) < 4.78 is 5.10. The molecule has 0 heterocycles. The number of methoxy groups -OCH3 is 1. The summed E-state index contributed by atoms with van der Waals surface area (Å²) in [6.45, 7) is 0.268. The lowest BCUT2D eigenvalue weighted by atomic mass is 10.1. The summed E-state index contributed by atoms with van der Waals surface area (Å²) in [7, 11) is 3.23. The van der Waals surface area contributed by atoms with E-state index in [1.54, 1.807) is 36.2 Å². The Hall–Kier alpha value is -2.70. The summed E-state index contributed by atoms with van der Waals surface area (Å²) in [5.41, 5.74) is 7.37. The van der Waals surface area contributed by atoms with Gasteiger partial charge in [0.05, 0.1) is 12.5 Å². The number of benzene rings is 2. The van der Waals surface area contributed by atoms with Crippen LogP contribution >= 0.6 is 0 Å². The molecule has 6 nitrogen and oxygen atoms in total. The molecule has 0 saturated carbocycles. The molecule has 1 atom stereocenters. The third-order valence-corrected chi connectivity index (χ3v) is 3.85. The monoisotopic (exact) mass is 341 g/mol. The fourth-order valence-corrected chi connectivity index (χ4v) is 2.37. The number of hydrogen-bond donors (Lipinski definition) is 2. The maximum atomic E-state index is 12.6. The van der Waals surface area contributed by atoms with Gasteiger partial charge in [0.1, 0.15) is 0 Å². The van der Waals surface area contributed by atoms with Gasteiger partial charge < -0.3 is 20.7 Å². The minimum atomic E-state index is -0.325. The van der Waals surface area contributed by atoms with E-state index in [1.807, 2.05) is 30.3 Å². The van der Waals surface area contributed by atoms with Crippen LogP contribution in [-0.4, -0.2) is 38.6 Å². The SMILES string of the molecule is COC(CN)CC(=O)Nc1cccc(C(=O)N(C)c2ccccc2)c1. The highest BCUT2D eigenvalue weighted by molar-refractivity contribution is 6.06. The quantitative estimate of drug-likeness (QED) is 0.809. The van der Waals surface area contributed by atoms with Crippen molar-refractivity contribution >= 4 is 23.2 Å². The first-order valence-electron chi connectivity index (χ1n) is 8.01. The number of carbonyl (C=O) groups excluding carboxylic acids is 2. The largest absolute Gasteiger partial charge is 0.380 e. The number of ether oxygens (including phenoxy) is 1. The van der Waals surface area contributed by atoms with E-state index >= 15 is 0 Å². The van der Waals surface area contributed by atoms with Crippen molar-refractivity contribution in [2.75, 3.05) is 30.9 Å². The van der Waals surface area contributed by atoms with Gasteiger partial charge in [-0.15, -0.1) is 0 Å². The topological polar surface area (TPSA) is 84.7 Å². The molecule has 2 aromatic carbocycles. The van der Waals surface area contributed by atoms with Crippen molar-refractivity contribution in [1.82, 2.24) is 0 Å². The van der Waals surface area contributed by atoms with Crippen LogP contribution in [0.4, 0.5) is 11.4 Å². The molecule has 2 aromatic rings. The van der Waals surface area contributed by atoms with Crippen LogP contribution in [0.3, 0.4) is 0 Å². The van der Waals surface area contributed by atoms with E-state index in [1.165, 1.54) is 7.11 Å². The maximum absolute atomic E-state index is 12.6. The van der Waals surface area contributed by atoms with Gasteiger partial charge in [-0.05, 0) is 30.3 Å². The molecule has 0 fully saturated rings. The van der Waals surface area contributed by atoms with Crippen LogP contribution in [0, 0.1) is 0 Å². The molecule has 25 heavy (non-hydrogen) atoms. The minimum Gasteiger partial charge on any atom is -0.380 e. The number of nitrogens with zero attached hydrogens (tertiary/aromatic N) is 1. The van der Waals surface area contributed by atoms with Crippen LogP contribution in [-0.2, 0) is 9.53 Å². The van der Waals surface area contributed by atoms with E-state index in [0.29, 0.717) is 11.3 Å². The number of anilines is 2. The summed E-state index contributed by atoms with van der Waals surface area (Å²) in [6.07, 6.45) is -0.163. The summed E-state index contributed by atoms with van der Waals surface area (Å²) >= 11 is 0. The number of para-hydroxylation sites is 1. The van der Waals surface area contributed by atoms with E-state index in [9.17, 15) is 9.59 Å². The number of nitrogens with one attached hydrogen (secondary N) is 1. The molecule has 0 aromatic heterocycles. The highest BCUT2D eigenvalue weighted by Crippen LogP contribution is 2.17. The highest BCUT2D eigenvalue weighted by Gasteiger charge is 2.15. The molecular formula is C19H23N3O3. The lowest BCUT2D eigenvalue weighted by molar-refractivity contribution is -0.118. The maximum Gasteiger partial charge on any atom is 0.258 e. The molecule has 0 spiro atoms. The molecule has 0 radical (unpaired) electrons.